The number of rotatable bonds is 6. The normalized spacial score (nSPS) is 17.0. The van der Waals surface area contributed by atoms with Crippen molar-refractivity contribution in [3.05, 3.63) is 47.5 Å². The minimum absolute atomic E-state index is 0.0988. The molecule has 128 valence electrons. The van der Waals surface area contributed by atoms with Gasteiger partial charge >= 0.3 is 0 Å². The first-order valence-corrected chi connectivity index (χ1v) is 7.92. The van der Waals surface area contributed by atoms with Crippen LogP contribution in [0.1, 0.15) is 29.0 Å². The molecule has 6 nitrogen and oxygen atoms in total. The number of halogens is 1. The second-order valence-corrected chi connectivity index (χ2v) is 5.82. The lowest BCUT2D eigenvalue weighted by Crippen LogP contribution is -2.34. The summed E-state index contributed by atoms with van der Waals surface area (Å²) < 4.78 is 24.4. The summed E-state index contributed by atoms with van der Waals surface area (Å²) in [4.78, 5) is 14.0. The van der Waals surface area contributed by atoms with E-state index in [4.69, 9.17) is 9.47 Å². The maximum atomic E-state index is 13.5. The molecule has 1 atom stereocenters. The summed E-state index contributed by atoms with van der Waals surface area (Å²) in [7, 11) is 1.73. The number of aromatic amines is 1. The number of carbonyl (C=O) groups excluding carboxylic acids is 1. The fourth-order valence-electron chi connectivity index (χ4n) is 2.63. The highest BCUT2D eigenvalue weighted by Crippen LogP contribution is 2.17. The van der Waals surface area contributed by atoms with Crippen molar-refractivity contribution in [3.8, 4) is 5.75 Å². The number of aromatic nitrogens is 2. The second kappa shape index (κ2) is 7.44. The topological polar surface area (TPSA) is 67.4 Å². The van der Waals surface area contributed by atoms with Crippen LogP contribution in [0.3, 0.4) is 0 Å². The maximum Gasteiger partial charge on any atom is 0.274 e. The molecule has 1 aromatic carbocycles. The molecule has 0 aliphatic carbocycles. The minimum atomic E-state index is -0.426. The largest absolute Gasteiger partial charge is 0.484 e. The van der Waals surface area contributed by atoms with Crippen molar-refractivity contribution in [2.24, 2.45) is 0 Å². The number of carbonyl (C=O) groups is 1. The number of hydrogen-bond donors (Lipinski definition) is 1. The number of nitrogens with zero attached hydrogens (tertiary/aromatic N) is 2. The lowest BCUT2D eigenvalue weighted by Gasteiger charge is -2.19. The van der Waals surface area contributed by atoms with Crippen LogP contribution in [0, 0.1) is 5.82 Å². The van der Waals surface area contributed by atoms with Gasteiger partial charge in [0, 0.05) is 20.2 Å². The van der Waals surface area contributed by atoms with E-state index in [0.29, 0.717) is 17.9 Å². The highest BCUT2D eigenvalue weighted by atomic mass is 19.1. The number of benzene rings is 1. The van der Waals surface area contributed by atoms with Gasteiger partial charge in [-0.05, 0) is 31.0 Å². The first-order valence-electron chi connectivity index (χ1n) is 7.92. The summed E-state index contributed by atoms with van der Waals surface area (Å²) in [6, 6.07) is 7.79. The molecule has 0 radical (unpaired) electrons. The highest BCUT2D eigenvalue weighted by molar-refractivity contribution is 5.92. The third-order valence-electron chi connectivity index (χ3n) is 3.92. The Morgan fingerprint density at radius 2 is 2.33 bits per heavy atom. The molecule has 0 saturated carbocycles. The van der Waals surface area contributed by atoms with Crippen LogP contribution < -0.4 is 4.74 Å². The van der Waals surface area contributed by atoms with Gasteiger partial charge in [-0.25, -0.2) is 4.39 Å². The zero-order chi connectivity index (χ0) is 16.9. The molecule has 1 N–H and O–H groups in total. The average Bonchev–Trinajstić information content (AvgIpc) is 3.25. The maximum absolute atomic E-state index is 13.5. The number of H-pyrrole nitrogens is 1. The quantitative estimate of drug-likeness (QED) is 0.881. The fourth-order valence-corrected chi connectivity index (χ4v) is 2.63. The Balaban J connectivity index is 1.56. The van der Waals surface area contributed by atoms with Crippen molar-refractivity contribution in [1.29, 1.82) is 0 Å². The van der Waals surface area contributed by atoms with Gasteiger partial charge in [-0.1, -0.05) is 12.1 Å². The smallest absolute Gasteiger partial charge is 0.274 e. The van der Waals surface area contributed by atoms with Crippen molar-refractivity contribution in [3.63, 3.8) is 0 Å². The summed E-state index contributed by atoms with van der Waals surface area (Å²) in [5.74, 6) is -0.445. The molecule has 1 aliphatic rings. The Morgan fingerprint density at radius 1 is 1.50 bits per heavy atom. The molecular weight excluding hydrogens is 313 g/mol. The zero-order valence-corrected chi connectivity index (χ0v) is 13.5. The van der Waals surface area contributed by atoms with E-state index in [1.165, 1.54) is 6.07 Å². The van der Waals surface area contributed by atoms with Crippen molar-refractivity contribution < 1.29 is 18.7 Å². The Bertz CT molecular complexity index is 698. The van der Waals surface area contributed by atoms with E-state index < -0.39 is 5.82 Å². The van der Waals surface area contributed by atoms with Gasteiger partial charge in [-0.2, -0.15) is 5.10 Å². The van der Waals surface area contributed by atoms with Crippen LogP contribution >= 0.6 is 0 Å². The van der Waals surface area contributed by atoms with E-state index in [9.17, 15) is 9.18 Å². The summed E-state index contributed by atoms with van der Waals surface area (Å²) in [5.41, 5.74) is 0.912. The van der Waals surface area contributed by atoms with Gasteiger partial charge in [0.25, 0.3) is 5.91 Å². The first kappa shape index (κ1) is 16.4. The number of nitrogens with one attached hydrogen (secondary N) is 1. The van der Waals surface area contributed by atoms with Crippen LogP contribution in [-0.4, -0.2) is 47.3 Å². The van der Waals surface area contributed by atoms with E-state index in [0.717, 1.165) is 19.4 Å². The molecular formula is C17H20FN3O3. The molecule has 1 aromatic heterocycles. The van der Waals surface area contributed by atoms with Gasteiger partial charge in [0.15, 0.2) is 17.3 Å². The molecule has 0 spiro atoms. The third kappa shape index (κ3) is 3.91. The summed E-state index contributed by atoms with van der Waals surface area (Å²) in [6.45, 7) is 1.41. The molecule has 1 aliphatic heterocycles. The average molecular weight is 333 g/mol. The third-order valence-corrected chi connectivity index (χ3v) is 3.92. The predicted octanol–water partition coefficient (Wildman–Crippen LogP) is 2.38. The van der Waals surface area contributed by atoms with E-state index in [2.05, 4.69) is 10.2 Å². The van der Waals surface area contributed by atoms with Gasteiger partial charge in [0.05, 0.1) is 11.8 Å². The monoisotopic (exact) mass is 333 g/mol. The van der Waals surface area contributed by atoms with Gasteiger partial charge < -0.3 is 14.4 Å². The zero-order valence-electron chi connectivity index (χ0n) is 13.5. The number of amides is 1. The molecule has 1 amide bonds. The van der Waals surface area contributed by atoms with Gasteiger partial charge in [0.1, 0.15) is 6.61 Å². The van der Waals surface area contributed by atoms with Crippen LogP contribution in [0.2, 0.25) is 0 Å². The van der Waals surface area contributed by atoms with E-state index in [1.54, 1.807) is 36.2 Å². The molecule has 2 heterocycles. The molecule has 0 unspecified atom stereocenters. The second-order valence-electron chi connectivity index (χ2n) is 5.82. The molecule has 1 saturated heterocycles. The van der Waals surface area contributed by atoms with E-state index in [-0.39, 0.29) is 24.4 Å². The molecule has 7 heteroatoms. The van der Waals surface area contributed by atoms with Crippen LogP contribution in [0.4, 0.5) is 4.39 Å². The van der Waals surface area contributed by atoms with Gasteiger partial charge in [-0.15, -0.1) is 0 Å². The molecule has 0 bridgehead atoms. The Labute approximate surface area is 139 Å². The van der Waals surface area contributed by atoms with Crippen molar-refractivity contribution in [2.75, 3.05) is 20.2 Å². The predicted molar refractivity (Wildman–Crippen MR) is 85.3 cm³/mol. The number of hydrogen-bond acceptors (Lipinski definition) is 4. The first-order chi connectivity index (χ1) is 11.6. The van der Waals surface area contributed by atoms with Gasteiger partial charge in [0.2, 0.25) is 0 Å². The summed E-state index contributed by atoms with van der Waals surface area (Å²) >= 11 is 0. The Hall–Kier alpha value is -2.41. The van der Waals surface area contributed by atoms with Crippen LogP contribution in [-0.2, 0) is 11.3 Å². The lowest BCUT2D eigenvalue weighted by molar-refractivity contribution is 0.0582. The molecule has 3 rings (SSSR count). The molecule has 1 fully saturated rings. The number of para-hydroxylation sites is 1. The summed E-state index contributed by atoms with van der Waals surface area (Å²) in [5, 5.41) is 6.76. The van der Waals surface area contributed by atoms with Crippen molar-refractivity contribution >= 4 is 5.91 Å². The number of likely N-dealkylation sites (N-methyl/N-ethyl adjacent to an activating group) is 1. The molecule has 2 aromatic rings. The Morgan fingerprint density at radius 3 is 3.08 bits per heavy atom. The standard InChI is InChI=1S/C17H20FN3O3/c1-21(10-13-5-4-8-23-13)17(22)15-9-12(19-20-15)11-24-16-7-3-2-6-14(16)18/h2-3,6-7,9,13H,4-5,8,10-11H2,1H3,(H,19,20)/t13-/m0/s1. The minimum Gasteiger partial charge on any atom is -0.484 e. The van der Waals surface area contributed by atoms with Crippen molar-refractivity contribution in [1.82, 2.24) is 15.1 Å². The van der Waals surface area contributed by atoms with E-state index in [1.807, 2.05) is 0 Å². The van der Waals surface area contributed by atoms with E-state index >= 15 is 0 Å². The van der Waals surface area contributed by atoms with Crippen LogP contribution in [0.5, 0.6) is 5.75 Å². The van der Waals surface area contributed by atoms with Crippen LogP contribution in [0.15, 0.2) is 30.3 Å². The highest BCUT2D eigenvalue weighted by Gasteiger charge is 2.22. The Kier molecular flexibility index (Phi) is 5.10. The lowest BCUT2D eigenvalue weighted by atomic mass is 10.2. The van der Waals surface area contributed by atoms with Crippen LogP contribution in [0.25, 0.3) is 0 Å². The molecule has 24 heavy (non-hydrogen) atoms. The fraction of sp³-hybridized carbons (Fsp3) is 0.412. The summed E-state index contributed by atoms with van der Waals surface area (Å²) in [6.07, 6.45) is 2.11. The van der Waals surface area contributed by atoms with Gasteiger partial charge in [-0.3, -0.25) is 9.89 Å². The van der Waals surface area contributed by atoms with Crippen molar-refractivity contribution in [2.45, 2.75) is 25.6 Å². The number of ether oxygens (including phenoxy) is 2. The SMILES string of the molecule is CN(C[C@@H]1CCCO1)C(=O)c1cc(COc2ccccc2F)[nH]n1.